The van der Waals surface area contributed by atoms with E-state index in [0.717, 1.165) is 41.3 Å². The van der Waals surface area contributed by atoms with Gasteiger partial charge in [-0.05, 0) is 37.3 Å². The van der Waals surface area contributed by atoms with Gasteiger partial charge in [0.15, 0.2) is 5.78 Å². The molecule has 0 fully saturated rings. The Bertz CT molecular complexity index is 874. The van der Waals surface area contributed by atoms with Gasteiger partial charge in [-0.3, -0.25) is 4.79 Å². The van der Waals surface area contributed by atoms with Gasteiger partial charge in [-0.25, -0.2) is 4.68 Å². The molecule has 0 amide bonds. The lowest BCUT2D eigenvalue weighted by molar-refractivity contribution is -0.118. The van der Waals surface area contributed by atoms with E-state index in [1.54, 1.807) is 0 Å². The fourth-order valence-electron chi connectivity index (χ4n) is 4.38. The molecule has 1 aromatic carbocycles. The molecule has 0 bridgehead atoms. The number of anilines is 1. The van der Waals surface area contributed by atoms with Crippen molar-refractivity contribution >= 4 is 11.6 Å². The van der Waals surface area contributed by atoms with Crippen molar-refractivity contribution in [3.05, 3.63) is 52.9 Å². The number of fused-ring (bicyclic) bond motifs is 1. The van der Waals surface area contributed by atoms with Gasteiger partial charge in [0.1, 0.15) is 5.82 Å². The highest BCUT2D eigenvalue weighted by atomic mass is 16.1. The molecule has 0 spiro atoms. The first kappa shape index (κ1) is 16.1. The highest BCUT2D eigenvalue weighted by Gasteiger charge is 2.41. The number of carbonyl (C=O) groups excluding carboxylic acids is 1. The number of nitrogens with zero attached hydrogens (tertiary/aromatic N) is 2. The van der Waals surface area contributed by atoms with Crippen molar-refractivity contribution in [2.75, 3.05) is 5.32 Å². The summed E-state index contributed by atoms with van der Waals surface area (Å²) in [6.07, 6.45) is 2.45. The summed E-state index contributed by atoms with van der Waals surface area (Å²) in [5.74, 6) is 1.47. The van der Waals surface area contributed by atoms with E-state index < -0.39 is 0 Å². The van der Waals surface area contributed by atoms with Gasteiger partial charge in [0.05, 0.1) is 11.4 Å². The van der Waals surface area contributed by atoms with Crippen LogP contribution in [0.1, 0.15) is 57.2 Å². The molecule has 4 rings (SSSR count). The fraction of sp³-hybridized carbons (Fsp3) is 0.429. The highest BCUT2D eigenvalue weighted by Crippen LogP contribution is 2.48. The molecular weight excluding hydrogens is 310 g/mol. The van der Waals surface area contributed by atoms with Crippen LogP contribution in [0.5, 0.6) is 0 Å². The molecule has 1 atom stereocenters. The van der Waals surface area contributed by atoms with E-state index in [9.17, 15) is 4.79 Å². The van der Waals surface area contributed by atoms with Crippen LogP contribution in [0.15, 0.2) is 41.6 Å². The molecule has 130 valence electrons. The molecule has 1 aliphatic carbocycles. The third-order valence-corrected chi connectivity index (χ3v) is 5.40. The molecule has 0 saturated heterocycles. The standard InChI is InChI=1S/C21H25N3O/c1-5-15-18-13(2)23-24(14-9-7-6-8-10-14)20(18)22-16-11-21(3,4)12-17(25)19(15)16/h6-10,15,22H,5,11-12H2,1-4H3/t15-/m0/s1. The second-order valence-corrected chi connectivity index (χ2v) is 8.01. The topological polar surface area (TPSA) is 46.9 Å². The Labute approximate surface area is 148 Å². The molecule has 1 aromatic heterocycles. The van der Waals surface area contributed by atoms with Crippen LogP contribution >= 0.6 is 0 Å². The van der Waals surface area contributed by atoms with E-state index in [1.807, 2.05) is 29.8 Å². The number of para-hydroxylation sites is 1. The van der Waals surface area contributed by atoms with Crippen LogP contribution in [0, 0.1) is 12.3 Å². The predicted octanol–water partition coefficient (Wildman–Crippen LogP) is 4.74. The number of rotatable bonds is 2. The third kappa shape index (κ3) is 2.51. The van der Waals surface area contributed by atoms with Crippen molar-refractivity contribution in [2.24, 2.45) is 5.41 Å². The van der Waals surface area contributed by atoms with Crippen molar-refractivity contribution < 1.29 is 4.79 Å². The molecule has 0 unspecified atom stereocenters. The number of benzene rings is 1. The summed E-state index contributed by atoms with van der Waals surface area (Å²) in [5, 5.41) is 8.39. The molecule has 2 aromatic rings. The summed E-state index contributed by atoms with van der Waals surface area (Å²) in [5.41, 5.74) is 5.31. The lowest BCUT2D eigenvalue weighted by atomic mass is 9.70. The number of ketones is 1. The van der Waals surface area contributed by atoms with E-state index in [-0.39, 0.29) is 11.3 Å². The average molecular weight is 335 g/mol. The van der Waals surface area contributed by atoms with Crippen LogP contribution in [0.4, 0.5) is 5.82 Å². The number of hydrogen-bond donors (Lipinski definition) is 1. The van der Waals surface area contributed by atoms with Crippen molar-refractivity contribution in [2.45, 2.75) is 52.9 Å². The Morgan fingerprint density at radius 2 is 1.96 bits per heavy atom. The molecule has 0 radical (unpaired) electrons. The third-order valence-electron chi connectivity index (χ3n) is 5.40. The second-order valence-electron chi connectivity index (χ2n) is 8.01. The largest absolute Gasteiger partial charge is 0.343 e. The molecule has 4 heteroatoms. The Hall–Kier alpha value is -2.36. The van der Waals surface area contributed by atoms with Crippen molar-refractivity contribution in [1.29, 1.82) is 0 Å². The summed E-state index contributed by atoms with van der Waals surface area (Å²) in [6, 6.07) is 10.2. The summed E-state index contributed by atoms with van der Waals surface area (Å²) < 4.78 is 1.99. The smallest absolute Gasteiger partial charge is 0.161 e. The normalized spacial score (nSPS) is 21.6. The Balaban J connectivity index is 1.89. The van der Waals surface area contributed by atoms with Gasteiger partial charge >= 0.3 is 0 Å². The van der Waals surface area contributed by atoms with E-state index >= 15 is 0 Å². The Morgan fingerprint density at radius 1 is 1.24 bits per heavy atom. The van der Waals surface area contributed by atoms with Gasteiger partial charge in [-0.2, -0.15) is 5.10 Å². The van der Waals surface area contributed by atoms with Gasteiger partial charge in [0, 0.05) is 29.2 Å². The van der Waals surface area contributed by atoms with E-state index in [0.29, 0.717) is 12.2 Å². The summed E-state index contributed by atoms with van der Waals surface area (Å²) in [4.78, 5) is 12.9. The predicted molar refractivity (Wildman–Crippen MR) is 100 cm³/mol. The SMILES string of the molecule is CC[C@@H]1C2=C(CC(C)(C)CC2=O)Nc2c1c(C)nn2-c1ccccc1. The minimum absolute atomic E-state index is 0.00531. The quantitative estimate of drug-likeness (QED) is 0.862. The number of nitrogens with one attached hydrogen (secondary N) is 1. The van der Waals surface area contributed by atoms with Crippen molar-refractivity contribution in [3.8, 4) is 5.69 Å². The zero-order chi connectivity index (χ0) is 17.8. The van der Waals surface area contributed by atoms with E-state index in [4.69, 9.17) is 5.10 Å². The molecule has 0 saturated carbocycles. The maximum atomic E-state index is 12.9. The van der Waals surface area contributed by atoms with E-state index in [1.165, 1.54) is 5.56 Å². The van der Waals surface area contributed by atoms with Gasteiger partial charge in [0.2, 0.25) is 0 Å². The number of carbonyl (C=O) groups is 1. The Morgan fingerprint density at radius 3 is 2.64 bits per heavy atom. The summed E-state index contributed by atoms with van der Waals surface area (Å²) in [6.45, 7) is 8.56. The molecule has 1 N–H and O–H groups in total. The molecule has 4 nitrogen and oxygen atoms in total. The number of allylic oxidation sites excluding steroid dienone is 2. The fourth-order valence-corrected chi connectivity index (χ4v) is 4.38. The van der Waals surface area contributed by atoms with E-state index in [2.05, 4.69) is 38.2 Å². The second kappa shape index (κ2) is 5.58. The molecule has 25 heavy (non-hydrogen) atoms. The van der Waals surface area contributed by atoms with Crippen molar-refractivity contribution in [1.82, 2.24) is 9.78 Å². The zero-order valence-electron chi connectivity index (χ0n) is 15.4. The maximum Gasteiger partial charge on any atom is 0.161 e. The van der Waals surface area contributed by atoms with Crippen molar-refractivity contribution in [3.63, 3.8) is 0 Å². The van der Waals surface area contributed by atoms with Gasteiger partial charge in [-0.1, -0.05) is 39.0 Å². The molecule has 2 aliphatic rings. The lowest BCUT2D eigenvalue weighted by Crippen LogP contribution is -2.33. The average Bonchev–Trinajstić information content (AvgIpc) is 2.89. The monoisotopic (exact) mass is 335 g/mol. The van der Waals surface area contributed by atoms with Crippen LogP contribution in [-0.2, 0) is 4.79 Å². The maximum absolute atomic E-state index is 12.9. The molecular formula is C21H25N3O. The van der Waals surface area contributed by atoms with Gasteiger partial charge < -0.3 is 5.32 Å². The molecule has 1 aliphatic heterocycles. The lowest BCUT2D eigenvalue weighted by Gasteiger charge is -2.38. The first-order chi connectivity index (χ1) is 11.9. The van der Waals surface area contributed by atoms with Crippen LogP contribution in [0.25, 0.3) is 5.69 Å². The first-order valence-corrected chi connectivity index (χ1v) is 9.09. The van der Waals surface area contributed by atoms with Crippen LogP contribution in [-0.4, -0.2) is 15.6 Å². The first-order valence-electron chi connectivity index (χ1n) is 9.09. The number of aryl methyl sites for hydroxylation is 1. The number of hydrogen-bond acceptors (Lipinski definition) is 3. The summed E-state index contributed by atoms with van der Waals surface area (Å²) >= 11 is 0. The molecule has 2 heterocycles. The van der Waals surface area contributed by atoms with Crippen LogP contribution < -0.4 is 5.32 Å². The highest BCUT2D eigenvalue weighted by molar-refractivity contribution is 6.00. The van der Waals surface area contributed by atoms with Crippen LogP contribution in [0.2, 0.25) is 0 Å². The van der Waals surface area contributed by atoms with Gasteiger partial charge in [0.25, 0.3) is 0 Å². The summed E-state index contributed by atoms with van der Waals surface area (Å²) in [7, 11) is 0. The number of Topliss-reactive ketones (excluding diaryl/α,β-unsaturated/α-hetero) is 1. The number of aromatic nitrogens is 2. The van der Waals surface area contributed by atoms with Gasteiger partial charge in [-0.15, -0.1) is 0 Å². The Kier molecular flexibility index (Phi) is 3.60. The minimum Gasteiger partial charge on any atom is -0.343 e. The minimum atomic E-state index is 0.00531. The zero-order valence-corrected chi connectivity index (χ0v) is 15.4. The van der Waals surface area contributed by atoms with Crippen LogP contribution in [0.3, 0.4) is 0 Å².